The van der Waals surface area contributed by atoms with Gasteiger partial charge in [-0.25, -0.2) is 4.70 Å². The normalized spacial score (nSPS) is 12.4. The van der Waals surface area contributed by atoms with E-state index in [0.717, 1.165) is 86.7 Å². The number of hydrogen-bond acceptors (Lipinski definition) is 0. The minimum atomic E-state index is 0. The molecule has 0 atom stereocenters. The van der Waals surface area contributed by atoms with Crippen molar-refractivity contribution >= 4 is 11.4 Å². The first-order valence-corrected chi connectivity index (χ1v) is 17.7. The van der Waals surface area contributed by atoms with Crippen molar-refractivity contribution in [1.82, 2.24) is 0 Å². The van der Waals surface area contributed by atoms with Crippen LogP contribution in [-0.2, 0) is 29.3 Å². The quantitative estimate of drug-likeness (QED) is 0.0709. The molecule has 0 spiro atoms. The summed E-state index contributed by atoms with van der Waals surface area (Å²) < 4.78 is 1.52. The Balaban J connectivity index is 0.00000183. The van der Waals surface area contributed by atoms with Gasteiger partial charge in [0.2, 0.25) is 11.4 Å². The number of hydrogen-bond donors (Lipinski definition) is 0. The van der Waals surface area contributed by atoms with Crippen LogP contribution in [0.4, 0.5) is 0 Å². The summed E-state index contributed by atoms with van der Waals surface area (Å²) in [5.41, 5.74) is 21.4. The van der Waals surface area contributed by atoms with E-state index in [4.69, 9.17) is 0 Å². The van der Waals surface area contributed by atoms with Crippen molar-refractivity contribution in [2.75, 3.05) is 0 Å². The van der Waals surface area contributed by atoms with Gasteiger partial charge in [-0.3, -0.25) is 0 Å². The van der Waals surface area contributed by atoms with Crippen molar-refractivity contribution in [3.63, 3.8) is 0 Å². The molecule has 0 saturated heterocycles. The smallest absolute Gasteiger partial charge is 0.493 e. The predicted molar refractivity (Wildman–Crippen MR) is 192 cm³/mol. The molecule has 3 heteroatoms. The first-order valence-electron chi connectivity index (χ1n) is 17.7. The average molecular weight is 644 g/mol. The minimum absolute atomic E-state index is 0. The molecule has 0 amide bonds. The molecule has 1 aliphatic rings. The van der Waals surface area contributed by atoms with Crippen molar-refractivity contribution < 1.29 is 21.2 Å². The van der Waals surface area contributed by atoms with Gasteiger partial charge in [0.15, 0.2) is 0 Å². The second-order valence-electron chi connectivity index (χ2n) is 11.8. The molecular formula is C41H64N2Ni. The van der Waals surface area contributed by atoms with E-state index in [-0.39, 0.29) is 16.5 Å². The van der Waals surface area contributed by atoms with Crippen molar-refractivity contribution in [2.45, 2.75) is 151 Å². The van der Waals surface area contributed by atoms with Gasteiger partial charge in [0.05, 0.1) is 0 Å². The molecule has 0 bridgehead atoms. The Hall–Kier alpha value is -1.99. The van der Waals surface area contributed by atoms with Gasteiger partial charge < -0.3 is 19.4 Å². The van der Waals surface area contributed by atoms with Crippen molar-refractivity contribution in [3.05, 3.63) is 101 Å². The fourth-order valence-corrected chi connectivity index (χ4v) is 5.11. The van der Waals surface area contributed by atoms with Gasteiger partial charge in [-0.15, -0.1) is 0 Å². The first-order chi connectivity index (χ1) is 21.0. The monoisotopic (exact) mass is 642 g/mol. The number of rotatable bonds is 17. The molecule has 0 aromatic heterocycles. The maximum atomic E-state index is 11.7. The van der Waals surface area contributed by atoms with Crippen molar-refractivity contribution in [2.24, 2.45) is 0 Å². The van der Waals surface area contributed by atoms with Crippen LogP contribution in [0.25, 0.3) is 16.9 Å². The van der Waals surface area contributed by atoms with E-state index >= 15 is 0 Å². The molecule has 2 nitrogen and oxygen atoms in total. The van der Waals surface area contributed by atoms with Gasteiger partial charge in [0.1, 0.15) is 0 Å². The summed E-state index contributed by atoms with van der Waals surface area (Å²) >= 11 is 0. The van der Waals surface area contributed by atoms with E-state index in [1.54, 1.807) is 0 Å². The molecule has 248 valence electrons. The van der Waals surface area contributed by atoms with Gasteiger partial charge in [-0.05, 0) is 86.8 Å². The summed E-state index contributed by atoms with van der Waals surface area (Å²) in [7, 11) is 0. The maximum Gasteiger partial charge on any atom is 2.00 e. The van der Waals surface area contributed by atoms with Gasteiger partial charge in [-0.1, -0.05) is 111 Å². The molecule has 44 heavy (non-hydrogen) atoms. The summed E-state index contributed by atoms with van der Waals surface area (Å²) in [6.07, 6.45) is 19.6. The molecule has 0 aliphatic carbocycles. The summed E-state index contributed by atoms with van der Waals surface area (Å²) in [6.45, 7) is 20.4. The molecule has 2 aromatic rings. The third kappa shape index (κ3) is 14.4. The number of benzene rings is 2. The summed E-state index contributed by atoms with van der Waals surface area (Å²) in [4.78, 5) is 0. The topological polar surface area (TPSA) is 25.3 Å². The third-order valence-corrected chi connectivity index (χ3v) is 7.97. The second-order valence-corrected chi connectivity index (χ2v) is 11.8. The minimum Gasteiger partial charge on any atom is -0.493 e. The van der Waals surface area contributed by atoms with Crippen LogP contribution in [0.3, 0.4) is 0 Å². The zero-order valence-corrected chi connectivity index (χ0v) is 30.3. The summed E-state index contributed by atoms with van der Waals surface area (Å²) in [5.74, 6) is 0. The van der Waals surface area contributed by atoms with E-state index in [0.29, 0.717) is 0 Å². The third-order valence-electron chi connectivity index (χ3n) is 7.97. The number of unbranched alkanes of at least 4 members (excludes halogenated alkanes) is 7. The zero-order valence-electron chi connectivity index (χ0n) is 29.3. The Kier molecular flexibility index (Phi) is 25.1. The Morgan fingerprint density at radius 3 is 1.11 bits per heavy atom. The first kappa shape index (κ1) is 42.0. The molecule has 1 aliphatic heterocycles. The molecule has 0 radical (unpaired) electrons. The van der Waals surface area contributed by atoms with E-state index < -0.39 is 0 Å². The van der Waals surface area contributed by atoms with Crippen molar-refractivity contribution in [3.8, 4) is 0 Å². The molecule has 2 aromatic carbocycles. The van der Waals surface area contributed by atoms with Crippen LogP contribution in [0.2, 0.25) is 0 Å². The van der Waals surface area contributed by atoms with Crippen LogP contribution in [-0.4, -0.2) is 4.70 Å². The SMILES string of the molecule is CCCCCc1ccc(C2=C(CCCC)C(CCCC)=C(c3ccc(CCCC)cc3)[N+]2=[N-])cc1.[CH2-]CCC.[CH2-]CCC.[Ni+2]. The fraction of sp³-hybridized carbons (Fsp3) is 0.561. The largest absolute Gasteiger partial charge is 2.00 e. The van der Waals surface area contributed by atoms with Crippen LogP contribution < -0.4 is 0 Å². The van der Waals surface area contributed by atoms with E-state index in [9.17, 15) is 5.53 Å². The van der Waals surface area contributed by atoms with Crippen LogP contribution in [0.1, 0.15) is 160 Å². The van der Waals surface area contributed by atoms with E-state index in [1.165, 1.54) is 71.9 Å². The Bertz CT molecular complexity index is 1070. The molecule has 1 heterocycles. The molecule has 3 rings (SSSR count). The van der Waals surface area contributed by atoms with Crippen LogP contribution in [0, 0.1) is 13.8 Å². The van der Waals surface area contributed by atoms with Crippen LogP contribution in [0.15, 0.2) is 59.7 Å². The summed E-state index contributed by atoms with van der Waals surface area (Å²) in [5, 5.41) is 0. The number of nitrogens with zero attached hydrogens (tertiary/aromatic N) is 2. The zero-order chi connectivity index (χ0) is 31.9. The van der Waals surface area contributed by atoms with Crippen LogP contribution >= 0.6 is 0 Å². The second kappa shape index (κ2) is 26.3. The molecule has 0 unspecified atom stereocenters. The van der Waals surface area contributed by atoms with Gasteiger partial charge in [0.25, 0.3) is 0 Å². The average Bonchev–Trinajstić information content (AvgIpc) is 3.32. The Morgan fingerprint density at radius 1 is 0.477 bits per heavy atom. The number of allylic oxidation sites excluding steroid dienone is 2. The van der Waals surface area contributed by atoms with Gasteiger partial charge >= 0.3 is 16.5 Å². The molecule has 0 fully saturated rings. The van der Waals surface area contributed by atoms with E-state index in [1.807, 2.05) is 0 Å². The fourth-order valence-electron chi connectivity index (χ4n) is 5.11. The van der Waals surface area contributed by atoms with E-state index in [2.05, 4.69) is 104 Å². The van der Waals surface area contributed by atoms with Gasteiger partial charge in [-0.2, -0.15) is 12.8 Å². The maximum absolute atomic E-state index is 11.7. The standard InChI is InChI=1S/C33H46N2.2C4H9.Ni/c1-5-9-13-15-27-20-24-29(25-21-27)33-31(17-12-8-4)30(16-11-7-3)32(35(33)34)28-22-18-26(19-23-28)14-10-6-2;2*1-3-4-2;/h18-25H,5-17H2,1-4H3;2*1,3-4H2,2H3;/q;2*-1;+2. The molecule has 0 N–H and O–H groups in total. The van der Waals surface area contributed by atoms with Crippen LogP contribution in [0.5, 0.6) is 0 Å². The molecular weight excluding hydrogens is 579 g/mol. The van der Waals surface area contributed by atoms with Crippen molar-refractivity contribution in [1.29, 1.82) is 0 Å². The Morgan fingerprint density at radius 2 is 0.795 bits per heavy atom. The Labute approximate surface area is 283 Å². The summed E-state index contributed by atoms with van der Waals surface area (Å²) in [6, 6.07) is 17.9. The van der Waals surface area contributed by atoms with Gasteiger partial charge in [0, 0.05) is 22.3 Å². The number of aryl methyl sites for hydroxylation is 2. The predicted octanol–water partition coefficient (Wildman–Crippen LogP) is 13.6. The molecule has 0 saturated carbocycles.